The predicted octanol–water partition coefficient (Wildman–Crippen LogP) is 2.76. The molecule has 0 saturated heterocycles. The van der Waals surface area contributed by atoms with Gasteiger partial charge in [0.25, 0.3) is 0 Å². The Kier molecular flexibility index (Phi) is 2.67. The van der Waals surface area contributed by atoms with E-state index < -0.39 is 0 Å². The molecule has 1 aromatic carbocycles. The van der Waals surface area contributed by atoms with E-state index in [2.05, 4.69) is 9.97 Å². The molecule has 3 rings (SSSR count). The van der Waals surface area contributed by atoms with Gasteiger partial charge >= 0.3 is 0 Å². The molecule has 0 fully saturated rings. The summed E-state index contributed by atoms with van der Waals surface area (Å²) in [4.78, 5) is 8.55. The summed E-state index contributed by atoms with van der Waals surface area (Å²) in [6, 6.07) is 10.0. The number of pyridine rings is 1. The van der Waals surface area contributed by atoms with Crippen LogP contribution < -0.4 is 5.73 Å². The van der Waals surface area contributed by atoms with Gasteiger partial charge in [-0.2, -0.15) is 0 Å². The number of benzene rings is 1. The summed E-state index contributed by atoms with van der Waals surface area (Å²) >= 11 is 0. The Labute approximate surface area is 109 Å². The molecule has 3 aromatic rings. The number of rotatable bonds is 2. The molecule has 0 radical (unpaired) electrons. The van der Waals surface area contributed by atoms with Gasteiger partial charge in [-0.1, -0.05) is 6.07 Å². The molecule has 0 bridgehead atoms. The number of anilines is 1. The lowest BCUT2D eigenvalue weighted by Crippen LogP contribution is -2.11. The van der Waals surface area contributed by atoms with Crippen molar-refractivity contribution in [2.45, 2.75) is 13.0 Å². The number of fused-ring (bicyclic) bond motifs is 1. The van der Waals surface area contributed by atoms with E-state index in [1.165, 1.54) is 12.1 Å². The minimum Gasteiger partial charge on any atom is -0.369 e. The largest absolute Gasteiger partial charge is 0.369 e. The summed E-state index contributed by atoms with van der Waals surface area (Å²) in [5.74, 6) is 0.0561. The van der Waals surface area contributed by atoms with Gasteiger partial charge in [0, 0.05) is 6.20 Å². The molecule has 2 heterocycles. The van der Waals surface area contributed by atoms with Crippen LogP contribution in [-0.4, -0.2) is 14.5 Å². The van der Waals surface area contributed by atoms with Crippen LogP contribution in [0.15, 0.2) is 42.6 Å². The second-order valence-electron chi connectivity index (χ2n) is 4.40. The summed E-state index contributed by atoms with van der Waals surface area (Å²) in [5, 5.41) is 0. The topological polar surface area (TPSA) is 56.7 Å². The zero-order valence-electron chi connectivity index (χ0n) is 10.4. The minimum atomic E-state index is -0.304. The molecular formula is C14H13FN4. The van der Waals surface area contributed by atoms with Crippen molar-refractivity contribution in [1.29, 1.82) is 0 Å². The fraction of sp³-hybridized carbons (Fsp3) is 0.143. The lowest BCUT2D eigenvalue weighted by atomic mass is 10.2. The van der Waals surface area contributed by atoms with Crippen LogP contribution >= 0.6 is 0 Å². The highest BCUT2D eigenvalue weighted by Gasteiger charge is 2.16. The molecule has 0 amide bonds. The molecule has 4 nitrogen and oxygen atoms in total. The number of aromatic nitrogens is 3. The first-order valence-corrected chi connectivity index (χ1v) is 6.00. The van der Waals surface area contributed by atoms with Crippen molar-refractivity contribution in [3.05, 3.63) is 54.1 Å². The van der Waals surface area contributed by atoms with Crippen molar-refractivity contribution in [3.63, 3.8) is 0 Å². The lowest BCUT2D eigenvalue weighted by Gasteiger charge is -2.15. The van der Waals surface area contributed by atoms with Crippen LogP contribution in [0.5, 0.6) is 0 Å². The van der Waals surface area contributed by atoms with Gasteiger partial charge in [0.05, 0.1) is 22.8 Å². The Hall–Kier alpha value is -2.43. The highest BCUT2D eigenvalue weighted by atomic mass is 19.1. The molecule has 5 heteroatoms. The smallest absolute Gasteiger partial charge is 0.201 e. The van der Waals surface area contributed by atoms with Gasteiger partial charge < -0.3 is 10.3 Å². The summed E-state index contributed by atoms with van der Waals surface area (Å²) in [7, 11) is 0. The highest BCUT2D eigenvalue weighted by molar-refractivity contribution is 5.78. The number of imidazole rings is 1. The first-order valence-electron chi connectivity index (χ1n) is 6.00. The summed E-state index contributed by atoms with van der Waals surface area (Å²) in [5.41, 5.74) is 8.16. The van der Waals surface area contributed by atoms with Gasteiger partial charge in [-0.25, -0.2) is 9.37 Å². The van der Waals surface area contributed by atoms with Crippen LogP contribution in [0.3, 0.4) is 0 Å². The fourth-order valence-corrected chi connectivity index (χ4v) is 2.25. The number of hydrogen-bond acceptors (Lipinski definition) is 3. The van der Waals surface area contributed by atoms with E-state index in [0.29, 0.717) is 17.0 Å². The van der Waals surface area contributed by atoms with Crippen molar-refractivity contribution < 1.29 is 4.39 Å². The SMILES string of the molecule is CC(c1ccccn1)n1c(N)nc2ccc(F)cc21. The van der Waals surface area contributed by atoms with E-state index in [9.17, 15) is 4.39 Å². The number of nitrogens with zero attached hydrogens (tertiary/aromatic N) is 3. The molecule has 0 aliphatic carbocycles. The van der Waals surface area contributed by atoms with Gasteiger partial charge in [-0.3, -0.25) is 4.98 Å². The quantitative estimate of drug-likeness (QED) is 0.767. The first kappa shape index (κ1) is 11.6. The Morgan fingerprint density at radius 3 is 2.84 bits per heavy atom. The van der Waals surface area contributed by atoms with Crippen LogP contribution in [0.4, 0.5) is 10.3 Å². The van der Waals surface area contributed by atoms with Gasteiger partial charge in [-0.05, 0) is 37.3 Å². The number of hydrogen-bond donors (Lipinski definition) is 1. The zero-order valence-corrected chi connectivity index (χ0v) is 10.4. The second kappa shape index (κ2) is 4.35. The van der Waals surface area contributed by atoms with E-state index in [1.54, 1.807) is 16.8 Å². The lowest BCUT2D eigenvalue weighted by molar-refractivity contribution is 0.622. The Bertz CT molecular complexity index is 721. The molecule has 2 aromatic heterocycles. The first-order chi connectivity index (χ1) is 9.16. The average Bonchev–Trinajstić information content (AvgIpc) is 2.74. The van der Waals surface area contributed by atoms with Crippen molar-refractivity contribution in [3.8, 4) is 0 Å². The molecule has 0 aliphatic heterocycles. The monoisotopic (exact) mass is 256 g/mol. The molecule has 19 heavy (non-hydrogen) atoms. The van der Waals surface area contributed by atoms with Crippen molar-refractivity contribution >= 4 is 17.0 Å². The zero-order chi connectivity index (χ0) is 13.4. The van der Waals surface area contributed by atoms with Crippen LogP contribution in [0, 0.1) is 5.82 Å². The number of nitrogen functional groups attached to an aromatic ring is 1. The molecular weight excluding hydrogens is 243 g/mol. The molecule has 0 spiro atoms. The number of halogens is 1. The van der Waals surface area contributed by atoms with E-state index in [-0.39, 0.29) is 11.9 Å². The molecule has 1 unspecified atom stereocenters. The van der Waals surface area contributed by atoms with Crippen LogP contribution in [0.2, 0.25) is 0 Å². The summed E-state index contributed by atoms with van der Waals surface area (Å²) < 4.78 is 15.2. The maximum atomic E-state index is 13.4. The molecule has 96 valence electrons. The van der Waals surface area contributed by atoms with Gasteiger partial charge in [0.15, 0.2) is 0 Å². The summed E-state index contributed by atoms with van der Waals surface area (Å²) in [6.07, 6.45) is 1.72. The van der Waals surface area contributed by atoms with E-state index in [1.807, 2.05) is 25.1 Å². The van der Waals surface area contributed by atoms with Crippen LogP contribution in [0.25, 0.3) is 11.0 Å². The van der Waals surface area contributed by atoms with Crippen molar-refractivity contribution in [2.24, 2.45) is 0 Å². The van der Waals surface area contributed by atoms with Crippen LogP contribution in [-0.2, 0) is 0 Å². The van der Waals surface area contributed by atoms with Crippen LogP contribution in [0.1, 0.15) is 18.7 Å². The number of nitrogens with two attached hydrogens (primary N) is 1. The third-order valence-electron chi connectivity index (χ3n) is 3.18. The van der Waals surface area contributed by atoms with Crippen molar-refractivity contribution in [1.82, 2.24) is 14.5 Å². The maximum Gasteiger partial charge on any atom is 0.201 e. The molecule has 2 N–H and O–H groups in total. The summed E-state index contributed by atoms with van der Waals surface area (Å²) in [6.45, 7) is 1.96. The normalized spacial score (nSPS) is 12.7. The second-order valence-corrected chi connectivity index (χ2v) is 4.40. The Morgan fingerprint density at radius 1 is 1.26 bits per heavy atom. The molecule has 0 aliphatic rings. The third-order valence-corrected chi connectivity index (χ3v) is 3.18. The molecule has 0 saturated carbocycles. The standard InChI is InChI=1S/C14H13FN4/c1-9(11-4-2-3-7-17-11)19-13-8-10(15)5-6-12(13)18-14(19)16/h2-9H,1H3,(H2,16,18). The Balaban J connectivity index is 2.19. The fourth-order valence-electron chi connectivity index (χ4n) is 2.25. The Morgan fingerprint density at radius 2 is 2.11 bits per heavy atom. The van der Waals surface area contributed by atoms with Gasteiger partial charge in [-0.15, -0.1) is 0 Å². The minimum absolute atomic E-state index is 0.104. The van der Waals surface area contributed by atoms with Gasteiger partial charge in [0.1, 0.15) is 5.82 Å². The van der Waals surface area contributed by atoms with Gasteiger partial charge in [0.2, 0.25) is 5.95 Å². The maximum absolute atomic E-state index is 13.4. The van der Waals surface area contributed by atoms with E-state index in [0.717, 1.165) is 5.69 Å². The van der Waals surface area contributed by atoms with Crippen molar-refractivity contribution in [2.75, 3.05) is 5.73 Å². The highest BCUT2D eigenvalue weighted by Crippen LogP contribution is 2.26. The average molecular weight is 256 g/mol. The molecule has 1 atom stereocenters. The third kappa shape index (κ3) is 1.93. The van der Waals surface area contributed by atoms with E-state index in [4.69, 9.17) is 5.73 Å². The predicted molar refractivity (Wildman–Crippen MR) is 72.2 cm³/mol. The van der Waals surface area contributed by atoms with E-state index >= 15 is 0 Å².